The highest BCUT2D eigenvalue weighted by atomic mass is 19.4. The van der Waals surface area contributed by atoms with E-state index in [2.05, 4.69) is 5.10 Å². The number of anilines is 2. The third-order valence-corrected chi connectivity index (χ3v) is 6.46. The lowest BCUT2D eigenvalue weighted by molar-refractivity contribution is -0.137. The number of alkyl halides is 3. The van der Waals surface area contributed by atoms with E-state index in [1.54, 1.807) is 29.2 Å². The molecule has 1 aromatic heterocycles. The van der Waals surface area contributed by atoms with E-state index >= 15 is 0 Å². The van der Waals surface area contributed by atoms with Gasteiger partial charge in [0.1, 0.15) is 5.69 Å². The van der Waals surface area contributed by atoms with Gasteiger partial charge in [0, 0.05) is 36.4 Å². The molecule has 5 rings (SSSR count). The van der Waals surface area contributed by atoms with Crippen LogP contribution < -0.4 is 15.5 Å². The number of rotatable bonds is 4. The Balaban J connectivity index is 1.52. The van der Waals surface area contributed by atoms with Gasteiger partial charge in [-0.25, -0.2) is 4.68 Å². The fourth-order valence-corrected chi connectivity index (χ4v) is 4.70. The first kappa shape index (κ1) is 23.6. The molecule has 0 saturated carbocycles. The third kappa shape index (κ3) is 4.10. The first-order chi connectivity index (χ1) is 17.1. The molecule has 3 heterocycles. The van der Waals surface area contributed by atoms with E-state index in [9.17, 15) is 27.6 Å². The molecule has 8 nitrogen and oxygen atoms in total. The number of nitrogens with zero attached hydrogens (tertiary/aromatic N) is 4. The average Bonchev–Trinajstić information content (AvgIpc) is 3.25. The van der Waals surface area contributed by atoms with Gasteiger partial charge in [0.15, 0.2) is 5.69 Å². The van der Waals surface area contributed by atoms with Crippen molar-refractivity contribution in [2.24, 2.45) is 5.73 Å². The average molecular weight is 497 g/mol. The Labute approximate surface area is 204 Å². The summed E-state index contributed by atoms with van der Waals surface area (Å²) >= 11 is 0. The number of halogens is 3. The van der Waals surface area contributed by atoms with Gasteiger partial charge in [-0.05, 0) is 61.7 Å². The minimum atomic E-state index is -4.59. The van der Waals surface area contributed by atoms with E-state index in [4.69, 9.17) is 5.73 Å². The molecular weight excluding hydrogens is 475 g/mol. The minimum Gasteiger partial charge on any atom is -0.364 e. The lowest BCUT2D eigenvalue weighted by Gasteiger charge is -2.29. The first-order valence-corrected chi connectivity index (χ1v) is 11.5. The minimum absolute atomic E-state index is 0.00957. The van der Waals surface area contributed by atoms with Crippen LogP contribution in [-0.4, -0.2) is 40.6 Å². The molecule has 11 heteroatoms. The highest BCUT2D eigenvalue weighted by Crippen LogP contribution is 2.33. The van der Waals surface area contributed by atoms with E-state index in [1.165, 1.54) is 17.0 Å². The molecule has 0 aliphatic carbocycles. The fraction of sp³-hybridized carbons (Fsp3) is 0.280. The molecule has 0 atom stereocenters. The lowest BCUT2D eigenvalue weighted by atomic mass is 10.0. The zero-order chi connectivity index (χ0) is 25.6. The number of amides is 3. The summed E-state index contributed by atoms with van der Waals surface area (Å²) < 4.78 is 41.0. The number of aromatic nitrogens is 2. The van der Waals surface area contributed by atoms with Gasteiger partial charge in [0.25, 0.3) is 11.8 Å². The van der Waals surface area contributed by atoms with E-state index in [1.807, 2.05) is 0 Å². The zero-order valence-electron chi connectivity index (χ0n) is 19.1. The number of nitrogens with two attached hydrogens (primary N) is 1. The topological polar surface area (TPSA) is 102 Å². The molecule has 0 unspecified atom stereocenters. The number of fused-ring (bicyclic) bond motifs is 1. The van der Waals surface area contributed by atoms with Crippen molar-refractivity contribution in [3.05, 3.63) is 71.0 Å². The van der Waals surface area contributed by atoms with Crippen LogP contribution >= 0.6 is 0 Å². The van der Waals surface area contributed by atoms with Crippen LogP contribution in [0.5, 0.6) is 0 Å². The van der Waals surface area contributed by atoms with Crippen LogP contribution in [0, 0.1) is 0 Å². The largest absolute Gasteiger partial charge is 0.416 e. The predicted octanol–water partition coefficient (Wildman–Crippen LogP) is 3.71. The van der Waals surface area contributed by atoms with Crippen molar-refractivity contribution >= 4 is 29.1 Å². The van der Waals surface area contributed by atoms with E-state index in [-0.39, 0.29) is 35.9 Å². The molecule has 0 bridgehead atoms. The Morgan fingerprint density at radius 2 is 1.58 bits per heavy atom. The van der Waals surface area contributed by atoms with Crippen molar-refractivity contribution in [2.45, 2.75) is 31.9 Å². The summed E-state index contributed by atoms with van der Waals surface area (Å²) in [6, 6.07) is 11.3. The summed E-state index contributed by atoms with van der Waals surface area (Å²) in [5.74, 6) is -1.33. The molecule has 1 fully saturated rings. The Morgan fingerprint density at radius 3 is 2.22 bits per heavy atom. The maximum atomic E-state index is 13.6. The second kappa shape index (κ2) is 8.81. The van der Waals surface area contributed by atoms with Crippen LogP contribution in [0.2, 0.25) is 0 Å². The Morgan fingerprint density at radius 1 is 0.889 bits per heavy atom. The highest BCUT2D eigenvalue weighted by Gasteiger charge is 2.36. The van der Waals surface area contributed by atoms with Gasteiger partial charge < -0.3 is 15.5 Å². The summed E-state index contributed by atoms with van der Waals surface area (Å²) in [4.78, 5) is 41.0. The normalized spacial score (nSPS) is 16.3. The third-order valence-electron chi connectivity index (χ3n) is 6.46. The number of piperidine rings is 1. The fourth-order valence-electron chi connectivity index (χ4n) is 4.70. The molecule has 2 aromatic carbocycles. The number of carbonyl (C=O) groups excluding carboxylic acids is 3. The van der Waals surface area contributed by atoms with Crippen LogP contribution in [0.15, 0.2) is 48.5 Å². The maximum absolute atomic E-state index is 13.6. The van der Waals surface area contributed by atoms with Crippen molar-refractivity contribution in [1.82, 2.24) is 9.78 Å². The number of benzene rings is 2. The number of hydrogen-bond donors (Lipinski definition) is 1. The lowest BCUT2D eigenvalue weighted by Crippen LogP contribution is -2.39. The predicted molar refractivity (Wildman–Crippen MR) is 125 cm³/mol. The van der Waals surface area contributed by atoms with E-state index in [0.29, 0.717) is 24.2 Å². The first-order valence-electron chi connectivity index (χ1n) is 11.5. The monoisotopic (exact) mass is 497 g/mol. The van der Waals surface area contributed by atoms with Gasteiger partial charge in [0.05, 0.1) is 11.3 Å². The molecule has 1 saturated heterocycles. The van der Waals surface area contributed by atoms with E-state index in [0.717, 1.165) is 35.3 Å². The van der Waals surface area contributed by atoms with Crippen LogP contribution in [0.1, 0.15) is 51.4 Å². The Hall–Kier alpha value is -4.15. The molecule has 2 aliphatic heterocycles. The molecule has 2 N–H and O–H groups in total. The van der Waals surface area contributed by atoms with Crippen LogP contribution in [0.4, 0.5) is 24.5 Å². The second-order valence-corrected chi connectivity index (χ2v) is 8.73. The summed E-state index contributed by atoms with van der Waals surface area (Å²) in [7, 11) is 0. The van der Waals surface area contributed by atoms with Crippen molar-refractivity contribution in [2.75, 3.05) is 22.9 Å². The molecule has 3 amide bonds. The van der Waals surface area contributed by atoms with Crippen LogP contribution in [-0.2, 0) is 17.4 Å². The molecule has 3 aromatic rings. The molecule has 2 aliphatic rings. The summed E-state index contributed by atoms with van der Waals surface area (Å²) in [5, 5.41) is 4.13. The standard InChI is InChI=1S/C25H22F3N5O3/c26-25(27,28)15-4-3-5-18(14-15)33-22-19(21(30-33)23(29)35)11-13-32(24(22)36)17-9-7-16(8-10-17)31-12-2-1-6-20(31)34/h3-5,7-10,14H,1-2,6,11-13H2,(H2,29,35). The van der Waals surface area contributed by atoms with Gasteiger partial charge in [-0.2, -0.15) is 18.3 Å². The molecular formula is C25H22F3N5O3. The molecule has 36 heavy (non-hydrogen) atoms. The van der Waals surface area contributed by atoms with E-state index < -0.39 is 23.6 Å². The van der Waals surface area contributed by atoms with Gasteiger partial charge in [0.2, 0.25) is 5.91 Å². The Bertz CT molecular complexity index is 1360. The summed E-state index contributed by atoms with van der Waals surface area (Å²) in [6.45, 7) is 0.860. The Kier molecular flexibility index (Phi) is 5.77. The van der Waals surface area contributed by atoms with Gasteiger partial charge in [-0.15, -0.1) is 0 Å². The van der Waals surface area contributed by atoms with Crippen molar-refractivity contribution < 1.29 is 27.6 Å². The SMILES string of the molecule is NC(=O)c1nn(-c2cccc(C(F)(F)F)c2)c2c1CCN(c1ccc(N3CCCCC3=O)cc1)C2=O. The zero-order valence-corrected chi connectivity index (χ0v) is 19.1. The molecule has 0 radical (unpaired) electrons. The smallest absolute Gasteiger partial charge is 0.364 e. The van der Waals surface area contributed by atoms with Gasteiger partial charge >= 0.3 is 6.18 Å². The number of primary amides is 1. The number of carbonyl (C=O) groups is 3. The van der Waals surface area contributed by atoms with Crippen molar-refractivity contribution in [1.29, 1.82) is 0 Å². The quantitative estimate of drug-likeness (QED) is 0.594. The van der Waals surface area contributed by atoms with Crippen LogP contribution in [0.25, 0.3) is 5.69 Å². The highest BCUT2D eigenvalue weighted by molar-refractivity contribution is 6.09. The maximum Gasteiger partial charge on any atom is 0.416 e. The van der Waals surface area contributed by atoms with Gasteiger partial charge in [-0.3, -0.25) is 14.4 Å². The molecule has 186 valence electrons. The second-order valence-electron chi connectivity index (χ2n) is 8.73. The summed E-state index contributed by atoms with van der Waals surface area (Å²) in [5.41, 5.74) is 5.98. The number of hydrogen-bond acceptors (Lipinski definition) is 4. The van der Waals surface area contributed by atoms with Crippen LogP contribution in [0.3, 0.4) is 0 Å². The van der Waals surface area contributed by atoms with Crippen molar-refractivity contribution in [3.8, 4) is 5.69 Å². The molecule has 0 spiro atoms. The van der Waals surface area contributed by atoms with Gasteiger partial charge in [-0.1, -0.05) is 6.07 Å². The summed E-state index contributed by atoms with van der Waals surface area (Å²) in [6.07, 6.45) is -2.07. The van der Waals surface area contributed by atoms with Crippen molar-refractivity contribution in [3.63, 3.8) is 0 Å².